The van der Waals surface area contributed by atoms with Gasteiger partial charge in [-0.1, -0.05) is 6.92 Å². The van der Waals surface area contributed by atoms with Gasteiger partial charge in [-0.15, -0.1) is 10.2 Å². The summed E-state index contributed by atoms with van der Waals surface area (Å²) in [5.41, 5.74) is -3.33. The SMILES string of the molecule is Cc1nnc(C23CC(C[C@H](C)C2)N3C(=O)Nc2cc(-c3ncc(F)cn3)c(C(F)(F)F)cc2F)o1. The van der Waals surface area contributed by atoms with Crippen LogP contribution in [0.2, 0.25) is 0 Å². The van der Waals surface area contributed by atoms with Crippen LogP contribution in [-0.2, 0) is 11.7 Å². The summed E-state index contributed by atoms with van der Waals surface area (Å²) in [7, 11) is 0. The quantitative estimate of drug-likeness (QED) is 0.511. The van der Waals surface area contributed by atoms with Crippen LogP contribution in [0.4, 0.5) is 32.4 Å². The maximum atomic E-state index is 14.8. The van der Waals surface area contributed by atoms with Crippen LogP contribution in [0.5, 0.6) is 0 Å². The van der Waals surface area contributed by atoms with E-state index in [-0.39, 0.29) is 23.9 Å². The number of rotatable bonds is 3. The first-order valence-corrected chi connectivity index (χ1v) is 10.8. The zero-order valence-corrected chi connectivity index (χ0v) is 18.5. The number of amides is 2. The summed E-state index contributed by atoms with van der Waals surface area (Å²) in [6.45, 7) is 3.65. The van der Waals surface area contributed by atoms with Gasteiger partial charge in [0, 0.05) is 24.9 Å². The number of alkyl halides is 3. The Morgan fingerprint density at radius 3 is 2.51 bits per heavy atom. The van der Waals surface area contributed by atoms with Crippen molar-refractivity contribution in [3.8, 4) is 11.4 Å². The molecule has 8 nitrogen and oxygen atoms in total. The molecule has 3 heterocycles. The molecule has 13 heteroatoms. The molecule has 2 aromatic heterocycles. The van der Waals surface area contributed by atoms with E-state index in [0.29, 0.717) is 37.5 Å². The molecule has 2 amide bonds. The smallest absolute Gasteiger partial charge is 0.417 e. The predicted molar refractivity (Wildman–Crippen MR) is 111 cm³/mol. The number of nitrogens with one attached hydrogen (secondary N) is 1. The number of nitrogens with zero attached hydrogens (tertiary/aromatic N) is 5. The minimum Gasteiger partial charge on any atom is -0.423 e. The highest BCUT2D eigenvalue weighted by atomic mass is 19.4. The highest BCUT2D eigenvalue weighted by molar-refractivity contribution is 5.92. The number of carbonyl (C=O) groups excluding carboxylic acids is 1. The van der Waals surface area contributed by atoms with Gasteiger partial charge in [-0.3, -0.25) is 0 Å². The third-order valence-corrected chi connectivity index (χ3v) is 6.42. The summed E-state index contributed by atoms with van der Waals surface area (Å²) in [4.78, 5) is 21.9. The first-order valence-electron chi connectivity index (χ1n) is 10.8. The lowest BCUT2D eigenvalue weighted by Crippen LogP contribution is -2.70. The van der Waals surface area contributed by atoms with Gasteiger partial charge in [0.25, 0.3) is 0 Å². The average Bonchev–Trinajstić information content (AvgIpc) is 3.21. The van der Waals surface area contributed by atoms with Crippen LogP contribution in [-0.4, -0.2) is 37.1 Å². The molecule has 1 aliphatic carbocycles. The van der Waals surface area contributed by atoms with Gasteiger partial charge in [0.1, 0.15) is 11.4 Å². The molecule has 1 N–H and O–H groups in total. The molecule has 3 atom stereocenters. The lowest BCUT2D eigenvalue weighted by molar-refractivity contribution is -0.137. The van der Waals surface area contributed by atoms with Gasteiger partial charge in [0.2, 0.25) is 11.8 Å². The lowest BCUT2D eigenvalue weighted by atomic mass is 9.64. The van der Waals surface area contributed by atoms with E-state index >= 15 is 0 Å². The second-order valence-electron chi connectivity index (χ2n) is 8.96. The van der Waals surface area contributed by atoms with E-state index in [2.05, 4.69) is 25.5 Å². The Morgan fingerprint density at radius 2 is 1.89 bits per heavy atom. The molecule has 3 aromatic rings. The molecule has 1 aromatic carbocycles. The number of fused-ring (bicyclic) bond motifs is 2. The Bertz CT molecular complexity index is 1290. The van der Waals surface area contributed by atoms with E-state index in [4.69, 9.17) is 4.42 Å². The molecule has 0 spiro atoms. The van der Waals surface area contributed by atoms with Crippen LogP contribution in [0.25, 0.3) is 11.4 Å². The fourth-order valence-electron chi connectivity index (χ4n) is 5.15. The maximum Gasteiger partial charge on any atom is 0.417 e. The highest BCUT2D eigenvalue weighted by Crippen LogP contribution is 2.55. The van der Waals surface area contributed by atoms with Crippen molar-refractivity contribution in [2.24, 2.45) is 5.92 Å². The van der Waals surface area contributed by atoms with E-state index in [0.717, 1.165) is 6.07 Å². The molecule has 2 aliphatic rings. The predicted octanol–water partition coefficient (Wildman–Crippen LogP) is 5.06. The standard InChI is InChI=1S/C22H19F5N6O2/c1-10-3-13-7-21(6-10,19-32-31-11(2)35-19)33(13)20(34)30-17-4-14(18-28-8-12(23)9-29-18)15(5-16(17)24)22(25,26)27/h4-5,8-10,13H,3,6-7H2,1-2H3,(H,30,34)/t10-,13?,21?/m0/s1. The van der Waals surface area contributed by atoms with Crippen molar-refractivity contribution >= 4 is 11.7 Å². The van der Waals surface area contributed by atoms with Gasteiger partial charge in [0.05, 0.1) is 23.6 Å². The van der Waals surface area contributed by atoms with Crippen molar-refractivity contribution in [3.05, 3.63) is 53.5 Å². The molecule has 1 saturated heterocycles. The van der Waals surface area contributed by atoms with E-state index in [1.54, 1.807) is 6.92 Å². The molecule has 2 unspecified atom stereocenters. The first-order chi connectivity index (χ1) is 16.5. The third-order valence-electron chi connectivity index (χ3n) is 6.42. The van der Waals surface area contributed by atoms with E-state index in [1.807, 2.05) is 6.92 Å². The number of aryl methyl sites for hydroxylation is 1. The van der Waals surface area contributed by atoms with Crippen LogP contribution < -0.4 is 5.32 Å². The highest BCUT2D eigenvalue weighted by Gasteiger charge is 2.62. The fraction of sp³-hybridized carbons (Fsp3) is 0.409. The average molecular weight is 494 g/mol. The topological polar surface area (TPSA) is 97.0 Å². The van der Waals surface area contributed by atoms with Crippen LogP contribution in [0, 0.1) is 24.5 Å². The first kappa shape index (κ1) is 23.1. The van der Waals surface area contributed by atoms with Crippen molar-refractivity contribution < 1.29 is 31.2 Å². The van der Waals surface area contributed by atoms with Crippen molar-refractivity contribution in [1.29, 1.82) is 0 Å². The lowest BCUT2D eigenvalue weighted by Gasteiger charge is -2.61. The fourth-order valence-corrected chi connectivity index (χ4v) is 5.15. The number of aromatic nitrogens is 4. The van der Waals surface area contributed by atoms with Gasteiger partial charge in [0.15, 0.2) is 11.6 Å². The van der Waals surface area contributed by atoms with Crippen LogP contribution >= 0.6 is 0 Å². The van der Waals surface area contributed by atoms with Gasteiger partial charge in [-0.2, -0.15) is 13.2 Å². The second kappa shape index (κ2) is 7.95. The van der Waals surface area contributed by atoms with Crippen molar-refractivity contribution in [2.75, 3.05) is 5.32 Å². The Balaban J connectivity index is 1.51. The van der Waals surface area contributed by atoms with Gasteiger partial charge >= 0.3 is 12.2 Å². The molecule has 1 aliphatic heterocycles. The zero-order valence-electron chi connectivity index (χ0n) is 18.5. The second-order valence-corrected chi connectivity index (χ2v) is 8.96. The summed E-state index contributed by atoms with van der Waals surface area (Å²) in [6.07, 6.45) is -1.72. The summed E-state index contributed by atoms with van der Waals surface area (Å²) < 4.78 is 74.4. The molecule has 5 rings (SSSR count). The summed E-state index contributed by atoms with van der Waals surface area (Å²) in [5.74, 6) is -1.76. The van der Waals surface area contributed by atoms with E-state index < -0.39 is 52.0 Å². The van der Waals surface area contributed by atoms with Crippen molar-refractivity contribution in [3.63, 3.8) is 0 Å². The molecule has 2 bridgehead atoms. The number of benzene rings is 1. The number of hydrogen-bond acceptors (Lipinski definition) is 6. The Kier molecular flexibility index (Phi) is 5.25. The molecular formula is C22H19F5N6O2. The molecule has 35 heavy (non-hydrogen) atoms. The molecule has 0 radical (unpaired) electrons. The van der Waals surface area contributed by atoms with E-state index in [9.17, 15) is 26.7 Å². The Hall–Kier alpha value is -3.64. The number of urea groups is 1. The normalized spacial score (nSPS) is 23.7. The molecular weight excluding hydrogens is 475 g/mol. The Morgan fingerprint density at radius 1 is 1.17 bits per heavy atom. The van der Waals surface area contributed by atoms with Crippen LogP contribution in [0.1, 0.15) is 43.5 Å². The number of likely N-dealkylation sites (tertiary alicyclic amines) is 1. The van der Waals surface area contributed by atoms with Gasteiger partial charge < -0.3 is 14.6 Å². The van der Waals surface area contributed by atoms with Gasteiger partial charge in [-0.25, -0.2) is 23.5 Å². The number of piperidine rings is 1. The van der Waals surface area contributed by atoms with E-state index in [1.165, 1.54) is 4.90 Å². The number of carbonyl (C=O) groups is 1. The van der Waals surface area contributed by atoms with Crippen molar-refractivity contribution in [1.82, 2.24) is 25.1 Å². The minimum atomic E-state index is -4.94. The van der Waals surface area contributed by atoms with Gasteiger partial charge in [-0.05, 0) is 30.9 Å². The maximum absolute atomic E-state index is 14.8. The minimum absolute atomic E-state index is 0.177. The number of anilines is 1. The summed E-state index contributed by atoms with van der Waals surface area (Å²) in [5, 5.41) is 10.3. The van der Waals surface area contributed by atoms with Crippen molar-refractivity contribution in [2.45, 2.75) is 50.9 Å². The number of hydrogen-bond donors (Lipinski definition) is 1. The third kappa shape index (κ3) is 3.88. The van der Waals surface area contributed by atoms with Crippen LogP contribution in [0.15, 0.2) is 28.9 Å². The zero-order chi connectivity index (χ0) is 25.1. The van der Waals surface area contributed by atoms with Crippen LogP contribution in [0.3, 0.4) is 0 Å². The Labute approximate surface area is 195 Å². The summed E-state index contributed by atoms with van der Waals surface area (Å²) >= 11 is 0. The largest absolute Gasteiger partial charge is 0.423 e. The summed E-state index contributed by atoms with van der Waals surface area (Å²) in [6, 6.07) is 0.163. The number of halogens is 5. The molecule has 2 fully saturated rings. The molecule has 1 saturated carbocycles. The monoisotopic (exact) mass is 494 g/mol. The molecule has 184 valence electrons.